The van der Waals surface area contributed by atoms with Crippen molar-refractivity contribution < 1.29 is 28.9 Å². The fraction of sp³-hybridized carbons (Fsp3) is 0.192. The van der Waals surface area contributed by atoms with Crippen LogP contribution in [0.2, 0.25) is 0 Å². The van der Waals surface area contributed by atoms with Crippen molar-refractivity contribution in [2.75, 3.05) is 20.3 Å². The lowest BCUT2D eigenvalue weighted by Crippen LogP contribution is -2.29. The number of benzene rings is 2. The maximum absolute atomic E-state index is 13.2. The number of ketones is 1. The summed E-state index contributed by atoms with van der Waals surface area (Å²) >= 11 is 0. The van der Waals surface area contributed by atoms with Gasteiger partial charge < -0.3 is 24.2 Å². The molecule has 0 saturated carbocycles. The molecule has 1 N–H and O–H groups in total. The van der Waals surface area contributed by atoms with Crippen molar-refractivity contribution in [3.63, 3.8) is 0 Å². The highest BCUT2D eigenvalue weighted by molar-refractivity contribution is 6.46. The van der Waals surface area contributed by atoms with Gasteiger partial charge in [0, 0.05) is 23.5 Å². The van der Waals surface area contributed by atoms with E-state index in [1.54, 1.807) is 55.9 Å². The van der Waals surface area contributed by atoms with Crippen molar-refractivity contribution in [3.05, 3.63) is 89.3 Å². The van der Waals surface area contributed by atoms with Crippen LogP contribution in [0.25, 0.3) is 5.76 Å². The molecule has 172 valence electrons. The van der Waals surface area contributed by atoms with Gasteiger partial charge in [-0.2, -0.15) is 0 Å². The molecule has 2 aliphatic heterocycles. The van der Waals surface area contributed by atoms with Gasteiger partial charge in [-0.15, -0.1) is 0 Å². The predicted molar refractivity (Wildman–Crippen MR) is 123 cm³/mol. The number of fused-ring (bicyclic) bond motifs is 1. The SMILES string of the molecule is COc1ccccc1CN1C(=O)C(=O)/C(=C(\O)c2ccc3c(c2)OCCO3)C1c1ccncc1. The number of pyridine rings is 1. The van der Waals surface area contributed by atoms with E-state index >= 15 is 0 Å². The van der Waals surface area contributed by atoms with Crippen molar-refractivity contribution in [1.29, 1.82) is 0 Å². The number of hydrogen-bond donors (Lipinski definition) is 1. The van der Waals surface area contributed by atoms with Crippen LogP contribution >= 0.6 is 0 Å². The van der Waals surface area contributed by atoms with E-state index in [9.17, 15) is 14.7 Å². The molecule has 0 radical (unpaired) electrons. The van der Waals surface area contributed by atoms with Gasteiger partial charge in [0.15, 0.2) is 11.5 Å². The van der Waals surface area contributed by atoms with Gasteiger partial charge in [-0.25, -0.2) is 0 Å². The van der Waals surface area contributed by atoms with E-state index in [2.05, 4.69) is 4.98 Å². The average molecular weight is 458 g/mol. The van der Waals surface area contributed by atoms with Crippen LogP contribution in [0.1, 0.15) is 22.7 Å². The van der Waals surface area contributed by atoms with Crippen molar-refractivity contribution in [1.82, 2.24) is 9.88 Å². The van der Waals surface area contributed by atoms with Crippen molar-refractivity contribution in [3.8, 4) is 17.2 Å². The molecule has 0 spiro atoms. The van der Waals surface area contributed by atoms with Crippen molar-refractivity contribution in [2.24, 2.45) is 0 Å². The second-order valence-corrected chi connectivity index (χ2v) is 7.88. The molecule has 5 rings (SSSR count). The summed E-state index contributed by atoms with van der Waals surface area (Å²) in [5, 5.41) is 11.3. The van der Waals surface area contributed by atoms with Gasteiger partial charge >= 0.3 is 0 Å². The minimum atomic E-state index is -0.805. The molecule has 1 atom stereocenters. The maximum Gasteiger partial charge on any atom is 0.295 e. The Bertz CT molecular complexity index is 1290. The lowest BCUT2D eigenvalue weighted by atomic mass is 9.95. The quantitative estimate of drug-likeness (QED) is 0.355. The van der Waals surface area contributed by atoms with Crippen molar-refractivity contribution in [2.45, 2.75) is 12.6 Å². The molecule has 1 saturated heterocycles. The Morgan fingerprint density at radius 2 is 1.79 bits per heavy atom. The molecule has 1 fully saturated rings. The molecular formula is C26H22N2O6. The van der Waals surface area contributed by atoms with Gasteiger partial charge in [0.25, 0.3) is 11.7 Å². The number of amides is 1. The van der Waals surface area contributed by atoms with E-state index in [4.69, 9.17) is 14.2 Å². The standard InChI is InChI=1S/C26H22N2O6/c1-32-19-5-3-2-4-18(19)15-28-23(16-8-10-27-11-9-16)22(25(30)26(28)31)24(29)17-6-7-20-21(14-17)34-13-12-33-20/h2-11,14,23,29H,12-13,15H2,1H3/b24-22-. The number of carbonyl (C=O) groups excluding carboxylic acids is 2. The van der Waals surface area contributed by atoms with E-state index in [0.29, 0.717) is 41.6 Å². The highest BCUT2D eigenvalue weighted by Crippen LogP contribution is 2.42. The fourth-order valence-corrected chi connectivity index (χ4v) is 4.30. The number of likely N-dealkylation sites (tertiary alicyclic amines) is 1. The minimum Gasteiger partial charge on any atom is -0.507 e. The van der Waals surface area contributed by atoms with Crippen LogP contribution in [-0.4, -0.2) is 47.0 Å². The molecule has 3 aromatic rings. The topological polar surface area (TPSA) is 98.2 Å². The van der Waals surface area contributed by atoms with Gasteiger partial charge in [0.1, 0.15) is 24.7 Å². The number of aliphatic hydroxyl groups excluding tert-OH is 1. The lowest BCUT2D eigenvalue weighted by Gasteiger charge is -2.26. The number of carbonyl (C=O) groups is 2. The summed E-state index contributed by atoms with van der Waals surface area (Å²) in [6.07, 6.45) is 3.17. The number of Topliss-reactive ketones (excluding diaryl/α,β-unsaturated/α-hetero) is 1. The molecule has 8 nitrogen and oxygen atoms in total. The van der Waals surface area contributed by atoms with Crippen LogP contribution in [0, 0.1) is 0 Å². The molecule has 8 heteroatoms. The number of methoxy groups -OCH3 is 1. The predicted octanol–water partition coefficient (Wildman–Crippen LogP) is 3.48. The van der Waals surface area contributed by atoms with E-state index in [1.807, 2.05) is 18.2 Å². The lowest BCUT2D eigenvalue weighted by molar-refractivity contribution is -0.140. The number of aliphatic hydroxyl groups is 1. The second-order valence-electron chi connectivity index (χ2n) is 7.88. The zero-order valence-electron chi connectivity index (χ0n) is 18.4. The largest absolute Gasteiger partial charge is 0.507 e. The molecule has 0 aliphatic carbocycles. The van der Waals surface area contributed by atoms with Gasteiger partial charge in [-0.3, -0.25) is 14.6 Å². The van der Waals surface area contributed by atoms with Crippen LogP contribution in [0.3, 0.4) is 0 Å². The van der Waals surface area contributed by atoms with Crippen molar-refractivity contribution >= 4 is 17.4 Å². The molecule has 34 heavy (non-hydrogen) atoms. The summed E-state index contributed by atoms with van der Waals surface area (Å²) in [7, 11) is 1.55. The smallest absolute Gasteiger partial charge is 0.295 e. The van der Waals surface area contributed by atoms with Gasteiger partial charge in [-0.1, -0.05) is 18.2 Å². The Morgan fingerprint density at radius 3 is 2.56 bits per heavy atom. The van der Waals surface area contributed by atoms with E-state index in [0.717, 1.165) is 5.56 Å². The van der Waals surface area contributed by atoms with Crippen LogP contribution in [-0.2, 0) is 16.1 Å². The number of nitrogens with zero attached hydrogens (tertiary/aromatic N) is 2. The third-order valence-corrected chi connectivity index (χ3v) is 5.91. The molecule has 1 aromatic heterocycles. The number of aromatic nitrogens is 1. The number of para-hydroxylation sites is 1. The maximum atomic E-state index is 13.2. The van der Waals surface area contributed by atoms with Crippen LogP contribution < -0.4 is 14.2 Å². The van der Waals surface area contributed by atoms with Crippen LogP contribution in [0.5, 0.6) is 17.2 Å². The molecule has 2 aromatic carbocycles. The Balaban J connectivity index is 1.62. The van der Waals surface area contributed by atoms with Gasteiger partial charge in [0.2, 0.25) is 0 Å². The van der Waals surface area contributed by atoms with Crippen LogP contribution in [0.15, 0.2) is 72.6 Å². The van der Waals surface area contributed by atoms with E-state index in [-0.39, 0.29) is 17.9 Å². The van der Waals surface area contributed by atoms with E-state index < -0.39 is 17.7 Å². The fourth-order valence-electron chi connectivity index (χ4n) is 4.30. The van der Waals surface area contributed by atoms with Crippen LogP contribution in [0.4, 0.5) is 0 Å². The number of rotatable bonds is 5. The number of ether oxygens (including phenoxy) is 3. The minimum absolute atomic E-state index is 0.00257. The zero-order chi connectivity index (χ0) is 23.7. The molecule has 1 unspecified atom stereocenters. The van der Waals surface area contributed by atoms with Gasteiger partial charge in [0.05, 0.1) is 25.3 Å². The zero-order valence-corrected chi connectivity index (χ0v) is 18.4. The first-order valence-electron chi connectivity index (χ1n) is 10.8. The summed E-state index contributed by atoms with van der Waals surface area (Å²) in [5.41, 5.74) is 1.76. The highest BCUT2D eigenvalue weighted by Gasteiger charge is 2.46. The Morgan fingerprint density at radius 1 is 1.06 bits per heavy atom. The van der Waals surface area contributed by atoms with Gasteiger partial charge in [-0.05, 0) is 42.0 Å². The average Bonchev–Trinajstić information content (AvgIpc) is 3.13. The molecule has 1 amide bonds. The second kappa shape index (κ2) is 8.90. The molecule has 2 aliphatic rings. The monoisotopic (exact) mass is 458 g/mol. The molecule has 3 heterocycles. The first-order valence-corrected chi connectivity index (χ1v) is 10.8. The summed E-state index contributed by atoms with van der Waals surface area (Å²) in [4.78, 5) is 31.9. The highest BCUT2D eigenvalue weighted by atomic mass is 16.6. The summed E-state index contributed by atoms with van der Waals surface area (Å²) in [6.45, 7) is 0.950. The Kier molecular flexibility index (Phi) is 5.63. The van der Waals surface area contributed by atoms with E-state index in [1.165, 1.54) is 4.90 Å². The Labute approximate surface area is 196 Å². The summed E-state index contributed by atoms with van der Waals surface area (Å²) in [6, 6.07) is 14.9. The summed E-state index contributed by atoms with van der Waals surface area (Å²) in [5.74, 6) is -0.107. The first kappa shape index (κ1) is 21.5. The molecular weight excluding hydrogens is 436 g/mol. The number of hydrogen-bond acceptors (Lipinski definition) is 7. The first-order chi connectivity index (χ1) is 16.6. The molecule has 0 bridgehead atoms. The third-order valence-electron chi connectivity index (χ3n) is 5.91. The Hall–Kier alpha value is -4.33. The normalized spacial score (nSPS) is 18.7. The summed E-state index contributed by atoms with van der Waals surface area (Å²) < 4.78 is 16.6. The third kappa shape index (κ3) is 3.73.